The molecule has 21 nitrogen and oxygen atoms in total. The maximum absolute atomic E-state index is 12.3. The van der Waals surface area contributed by atoms with Crippen LogP contribution in [-0.4, -0.2) is 144 Å². The quantitative estimate of drug-likeness (QED) is 0.0683. The summed E-state index contributed by atoms with van der Waals surface area (Å²) >= 11 is 0. The fourth-order valence-electron chi connectivity index (χ4n) is 6.36. The Hall–Kier alpha value is -4.97. The standard InChI is InChI=1S/C21H26N6O5.C13H20N6O4/c1-22-19-16-20(27(11-24-16)21-18(30)17(29)13(32-21)10-31-2)26-14(25-19)9-23-15(28)8-12-6-4-3-5-7-12;1-15-11-8-12(18-7(3-14)17-11)19(5-16-8)13-10(21)9(20)6(23-13)4-22-2/h3-7,11,13,17-18,21,29-30H,8-10H2,1-2H3,(H,23,28)(H,22,25,26);5-6,9-10,13,20-21H,3-4,14H2,1-2H3,(H,15,17,18)/t13-,17-,18-,21-;6-,9-,10-,13-/m11/s1. The van der Waals surface area contributed by atoms with Crippen molar-refractivity contribution in [1.29, 1.82) is 0 Å². The van der Waals surface area contributed by atoms with E-state index < -0.39 is 49.1 Å². The number of amides is 1. The van der Waals surface area contributed by atoms with Gasteiger partial charge in [0.2, 0.25) is 5.91 Å². The zero-order valence-corrected chi connectivity index (χ0v) is 30.7. The van der Waals surface area contributed by atoms with E-state index in [-0.39, 0.29) is 38.6 Å². The summed E-state index contributed by atoms with van der Waals surface area (Å²) in [6.45, 7) is 0.590. The van der Waals surface area contributed by atoms with Crippen molar-refractivity contribution in [3.05, 3.63) is 60.2 Å². The van der Waals surface area contributed by atoms with E-state index in [1.54, 1.807) is 23.2 Å². The first kappa shape index (κ1) is 39.7. The number of anilines is 2. The van der Waals surface area contributed by atoms with Gasteiger partial charge >= 0.3 is 0 Å². The molecule has 0 saturated carbocycles. The van der Waals surface area contributed by atoms with Gasteiger partial charge < -0.3 is 61.1 Å². The minimum absolute atomic E-state index is 0.116. The Balaban J connectivity index is 0.000000197. The molecule has 9 N–H and O–H groups in total. The summed E-state index contributed by atoms with van der Waals surface area (Å²) in [7, 11) is 6.42. The number of carbonyl (C=O) groups is 1. The number of nitrogens with two attached hydrogens (primary N) is 1. The molecule has 0 aliphatic carbocycles. The molecule has 0 radical (unpaired) electrons. The number of aliphatic hydroxyl groups is 4. The zero-order valence-electron chi connectivity index (χ0n) is 30.7. The summed E-state index contributed by atoms with van der Waals surface area (Å²) < 4.78 is 24.7. The molecule has 55 heavy (non-hydrogen) atoms. The average Bonchev–Trinajstić information content (AvgIpc) is 3.96. The lowest BCUT2D eigenvalue weighted by molar-refractivity contribution is -0.120. The number of hydrogen-bond acceptors (Lipinski definition) is 18. The van der Waals surface area contributed by atoms with Crippen LogP contribution in [0.1, 0.15) is 29.7 Å². The molecular weight excluding hydrogens is 720 g/mol. The molecule has 7 rings (SSSR count). The molecule has 296 valence electrons. The first-order valence-electron chi connectivity index (χ1n) is 17.5. The molecule has 0 spiro atoms. The maximum atomic E-state index is 12.3. The van der Waals surface area contributed by atoms with Crippen LogP contribution < -0.4 is 21.7 Å². The van der Waals surface area contributed by atoms with Gasteiger partial charge in [0, 0.05) is 28.3 Å². The highest BCUT2D eigenvalue weighted by Gasteiger charge is 2.45. The van der Waals surface area contributed by atoms with E-state index in [9.17, 15) is 25.2 Å². The highest BCUT2D eigenvalue weighted by molar-refractivity contribution is 5.84. The minimum Gasteiger partial charge on any atom is -0.387 e. The maximum Gasteiger partial charge on any atom is 0.224 e. The number of rotatable bonds is 13. The van der Waals surface area contributed by atoms with Gasteiger partial charge in [-0.15, -0.1) is 0 Å². The van der Waals surface area contributed by atoms with Crippen molar-refractivity contribution < 1.29 is 44.2 Å². The summed E-state index contributed by atoms with van der Waals surface area (Å²) in [4.78, 5) is 38.5. The van der Waals surface area contributed by atoms with Gasteiger partial charge in [0.1, 0.15) is 42.4 Å². The van der Waals surface area contributed by atoms with Crippen LogP contribution in [0.5, 0.6) is 0 Å². The third-order valence-corrected chi connectivity index (χ3v) is 9.13. The van der Waals surface area contributed by atoms with Gasteiger partial charge in [-0.3, -0.25) is 13.9 Å². The Bertz CT molecular complexity index is 2050. The topological polar surface area (TPSA) is 284 Å². The van der Waals surface area contributed by atoms with E-state index in [0.717, 1.165) is 5.56 Å². The fourth-order valence-corrected chi connectivity index (χ4v) is 6.36. The van der Waals surface area contributed by atoms with E-state index in [2.05, 4.69) is 45.9 Å². The Kier molecular flexibility index (Phi) is 12.8. The number of fused-ring (bicyclic) bond motifs is 2. The number of imidazole rings is 2. The number of hydrogen-bond donors (Lipinski definition) is 8. The predicted octanol–water partition coefficient (Wildman–Crippen LogP) is -1.42. The van der Waals surface area contributed by atoms with E-state index in [1.807, 2.05) is 30.3 Å². The number of benzene rings is 1. The van der Waals surface area contributed by atoms with Crippen molar-refractivity contribution in [3.63, 3.8) is 0 Å². The monoisotopic (exact) mass is 766 g/mol. The number of aromatic nitrogens is 8. The van der Waals surface area contributed by atoms with Crippen molar-refractivity contribution in [2.24, 2.45) is 5.73 Å². The smallest absolute Gasteiger partial charge is 0.224 e. The summed E-state index contributed by atoms with van der Waals surface area (Å²) in [5.41, 5.74) is 8.43. The Labute approximate surface area is 314 Å². The summed E-state index contributed by atoms with van der Waals surface area (Å²) in [6, 6.07) is 9.44. The first-order valence-corrected chi connectivity index (χ1v) is 17.5. The predicted molar refractivity (Wildman–Crippen MR) is 195 cm³/mol. The third-order valence-electron chi connectivity index (χ3n) is 9.13. The number of nitrogens with zero attached hydrogens (tertiary/aromatic N) is 8. The van der Waals surface area contributed by atoms with Crippen molar-refractivity contribution in [3.8, 4) is 0 Å². The van der Waals surface area contributed by atoms with Crippen molar-refractivity contribution in [2.45, 2.75) is 68.6 Å². The molecule has 2 saturated heterocycles. The first-order chi connectivity index (χ1) is 26.6. The van der Waals surface area contributed by atoms with Crippen LogP contribution >= 0.6 is 0 Å². The van der Waals surface area contributed by atoms with E-state index in [1.165, 1.54) is 26.9 Å². The lowest BCUT2D eigenvalue weighted by atomic mass is 10.1. The molecule has 0 bridgehead atoms. The second-order valence-corrected chi connectivity index (χ2v) is 12.8. The average molecular weight is 767 g/mol. The van der Waals surface area contributed by atoms with Gasteiger partial charge in [0.15, 0.2) is 52.2 Å². The van der Waals surface area contributed by atoms with Gasteiger partial charge in [0.25, 0.3) is 0 Å². The Morgan fingerprint density at radius 3 is 1.73 bits per heavy atom. The molecule has 2 aliphatic heterocycles. The summed E-state index contributed by atoms with van der Waals surface area (Å²) in [5.74, 6) is 1.66. The molecule has 5 aromatic rings. The van der Waals surface area contributed by atoms with Gasteiger partial charge in [-0.1, -0.05) is 30.3 Å². The normalized spacial score (nSPS) is 24.9. The largest absolute Gasteiger partial charge is 0.387 e. The highest BCUT2D eigenvalue weighted by Crippen LogP contribution is 2.34. The molecule has 8 atom stereocenters. The molecule has 0 unspecified atom stereocenters. The molecule has 2 aliphatic rings. The van der Waals surface area contributed by atoms with Gasteiger partial charge in [-0.25, -0.2) is 29.9 Å². The van der Waals surface area contributed by atoms with Gasteiger partial charge in [-0.05, 0) is 5.56 Å². The van der Waals surface area contributed by atoms with Crippen LogP contribution in [0.4, 0.5) is 11.6 Å². The van der Waals surface area contributed by atoms with Gasteiger partial charge in [0.05, 0.1) is 45.4 Å². The second kappa shape index (κ2) is 17.7. The lowest BCUT2D eigenvalue weighted by Crippen LogP contribution is -2.33. The van der Waals surface area contributed by atoms with Crippen molar-refractivity contribution in [1.82, 2.24) is 44.4 Å². The molecule has 21 heteroatoms. The number of nitrogens with one attached hydrogen (secondary N) is 3. The van der Waals surface area contributed by atoms with E-state index in [0.29, 0.717) is 45.6 Å². The van der Waals surface area contributed by atoms with Crippen LogP contribution in [0.25, 0.3) is 22.3 Å². The fraction of sp³-hybridized carbons (Fsp3) is 0.500. The number of aliphatic hydroxyl groups excluding tert-OH is 4. The highest BCUT2D eigenvalue weighted by atomic mass is 16.6. The SMILES string of the molecule is CNc1nc(CN)nc2c1ncn2[C@@H]1O[C@H](COC)[C@@H](O)[C@H]1O.CNc1nc(CNC(=O)Cc2ccccc2)nc2c1ncn2[C@@H]1O[C@H](COC)[C@@H](O)[C@H]1O. The number of ether oxygens (including phenoxy) is 4. The van der Waals surface area contributed by atoms with Crippen molar-refractivity contribution in [2.75, 3.05) is 52.2 Å². The Morgan fingerprint density at radius 2 is 1.25 bits per heavy atom. The molecule has 1 amide bonds. The molecular formula is C34H46N12O9. The molecule has 4 aromatic heterocycles. The summed E-state index contributed by atoms with van der Waals surface area (Å²) in [5, 5.41) is 49.9. The molecule has 2 fully saturated rings. The zero-order chi connectivity index (χ0) is 39.2. The van der Waals surface area contributed by atoms with Crippen LogP contribution in [0.3, 0.4) is 0 Å². The van der Waals surface area contributed by atoms with Crippen LogP contribution in [0, 0.1) is 0 Å². The van der Waals surface area contributed by atoms with E-state index >= 15 is 0 Å². The van der Waals surface area contributed by atoms with Crippen LogP contribution in [0.15, 0.2) is 43.0 Å². The number of methoxy groups -OCH3 is 2. The van der Waals surface area contributed by atoms with Crippen LogP contribution in [0.2, 0.25) is 0 Å². The molecule has 6 heterocycles. The Morgan fingerprint density at radius 1 is 0.764 bits per heavy atom. The van der Waals surface area contributed by atoms with Crippen LogP contribution in [-0.2, 0) is 43.3 Å². The van der Waals surface area contributed by atoms with E-state index in [4.69, 9.17) is 24.7 Å². The summed E-state index contributed by atoms with van der Waals surface area (Å²) in [6.07, 6.45) is -4.27. The number of carbonyl (C=O) groups excluding carboxylic acids is 1. The molecule has 1 aromatic carbocycles. The third kappa shape index (κ3) is 8.34. The van der Waals surface area contributed by atoms with Gasteiger partial charge in [-0.2, -0.15) is 0 Å². The minimum atomic E-state index is -1.19. The lowest BCUT2D eigenvalue weighted by Gasteiger charge is -2.17. The second-order valence-electron chi connectivity index (χ2n) is 12.8. The van der Waals surface area contributed by atoms with Crippen molar-refractivity contribution >= 4 is 39.9 Å².